The van der Waals surface area contributed by atoms with E-state index in [4.69, 9.17) is 9.15 Å². The van der Waals surface area contributed by atoms with E-state index in [-0.39, 0.29) is 24.2 Å². The number of benzene rings is 1. The Morgan fingerprint density at radius 2 is 2.09 bits per heavy atom. The van der Waals surface area contributed by atoms with Gasteiger partial charge in [-0.25, -0.2) is 0 Å². The molecule has 1 aromatic heterocycles. The fourth-order valence-electron chi connectivity index (χ4n) is 2.19. The Morgan fingerprint density at radius 3 is 2.68 bits per heavy atom. The van der Waals surface area contributed by atoms with Gasteiger partial charge < -0.3 is 14.5 Å². The fourth-order valence-corrected chi connectivity index (χ4v) is 2.19. The number of ketones is 1. The molecule has 0 radical (unpaired) electrons. The maximum Gasteiger partial charge on any atom is 0.251 e. The lowest BCUT2D eigenvalue weighted by atomic mass is 10.1. The van der Waals surface area contributed by atoms with E-state index in [9.17, 15) is 9.59 Å². The van der Waals surface area contributed by atoms with Crippen LogP contribution in [0.2, 0.25) is 0 Å². The van der Waals surface area contributed by atoms with Crippen LogP contribution in [0, 0.1) is 6.92 Å². The van der Waals surface area contributed by atoms with E-state index in [2.05, 4.69) is 5.32 Å². The Balaban J connectivity index is 1.98. The van der Waals surface area contributed by atoms with Crippen LogP contribution in [0.1, 0.15) is 39.8 Å². The van der Waals surface area contributed by atoms with Gasteiger partial charge in [-0.2, -0.15) is 0 Å². The maximum absolute atomic E-state index is 12.3. The Bertz CT molecular complexity index is 661. The largest absolute Gasteiger partial charge is 0.497 e. The van der Waals surface area contributed by atoms with E-state index in [1.807, 2.05) is 6.92 Å². The van der Waals surface area contributed by atoms with Crippen LogP contribution in [0.15, 0.2) is 41.0 Å². The summed E-state index contributed by atoms with van der Waals surface area (Å²) in [4.78, 5) is 24.2. The number of hydrogen-bond donors (Lipinski definition) is 1. The lowest BCUT2D eigenvalue weighted by Crippen LogP contribution is -2.34. The number of furan rings is 1. The van der Waals surface area contributed by atoms with Gasteiger partial charge in [0.1, 0.15) is 5.75 Å². The molecule has 0 saturated heterocycles. The van der Waals surface area contributed by atoms with Gasteiger partial charge in [0.25, 0.3) is 5.91 Å². The number of nitrogens with one attached hydrogen (secondary N) is 1. The molecule has 0 bridgehead atoms. The molecule has 116 valence electrons. The maximum atomic E-state index is 12.3. The SMILES string of the molecule is COc1ccc(C(=O)N[C@@H](C)CC(=O)c2ccco2)c(C)c1. The monoisotopic (exact) mass is 301 g/mol. The molecule has 0 aliphatic rings. The number of amides is 1. The number of carbonyl (C=O) groups is 2. The highest BCUT2D eigenvalue weighted by Crippen LogP contribution is 2.17. The van der Waals surface area contributed by atoms with Crippen molar-refractivity contribution in [1.82, 2.24) is 5.32 Å². The van der Waals surface area contributed by atoms with Gasteiger partial charge in [0.15, 0.2) is 11.5 Å². The normalized spacial score (nSPS) is 11.8. The minimum atomic E-state index is -0.286. The average molecular weight is 301 g/mol. The molecule has 0 fully saturated rings. The summed E-state index contributed by atoms with van der Waals surface area (Å²) in [6.07, 6.45) is 1.64. The second kappa shape index (κ2) is 6.93. The topological polar surface area (TPSA) is 68.5 Å². The summed E-state index contributed by atoms with van der Waals surface area (Å²) in [6, 6.07) is 8.24. The molecule has 5 heteroatoms. The molecule has 0 spiro atoms. The van der Waals surface area contributed by atoms with Gasteiger partial charge >= 0.3 is 0 Å². The lowest BCUT2D eigenvalue weighted by molar-refractivity contribution is 0.0907. The van der Waals surface area contributed by atoms with Gasteiger partial charge in [-0.3, -0.25) is 9.59 Å². The van der Waals surface area contributed by atoms with Gasteiger partial charge in [-0.1, -0.05) is 0 Å². The molecule has 2 aromatic rings. The van der Waals surface area contributed by atoms with E-state index in [0.29, 0.717) is 17.1 Å². The van der Waals surface area contributed by atoms with Crippen LogP contribution in [0.25, 0.3) is 0 Å². The quantitative estimate of drug-likeness (QED) is 0.833. The molecule has 1 heterocycles. The highest BCUT2D eigenvalue weighted by Gasteiger charge is 2.17. The molecule has 1 amide bonds. The fraction of sp³-hybridized carbons (Fsp3) is 0.294. The first-order valence-electron chi connectivity index (χ1n) is 7.03. The second-order valence-corrected chi connectivity index (χ2v) is 5.16. The standard InChI is InChI=1S/C17H19NO4/c1-11-9-13(21-3)6-7-14(11)17(20)18-12(2)10-15(19)16-5-4-8-22-16/h4-9,12H,10H2,1-3H3,(H,18,20)/t12-/m0/s1. The molecular weight excluding hydrogens is 282 g/mol. The predicted octanol–water partition coefficient (Wildman–Crippen LogP) is 2.99. The zero-order valence-corrected chi connectivity index (χ0v) is 12.9. The predicted molar refractivity (Wildman–Crippen MR) is 82.3 cm³/mol. The molecule has 5 nitrogen and oxygen atoms in total. The van der Waals surface area contributed by atoms with Crippen LogP contribution in [0.3, 0.4) is 0 Å². The third-order valence-corrected chi connectivity index (χ3v) is 3.34. The molecule has 1 atom stereocenters. The van der Waals surface area contributed by atoms with E-state index < -0.39 is 0 Å². The van der Waals surface area contributed by atoms with Crippen LogP contribution in [-0.2, 0) is 0 Å². The lowest BCUT2D eigenvalue weighted by Gasteiger charge is -2.14. The number of hydrogen-bond acceptors (Lipinski definition) is 4. The highest BCUT2D eigenvalue weighted by molar-refractivity contribution is 5.97. The summed E-state index contributed by atoms with van der Waals surface area (Å²) in [5.74, 6) is 0.668. The molecule has 22 heavy (non-hydrogen) atoms. The van der Waals surface area contributed by atoms with Gasteiger partial charge in [-0.05, 0) is 49.7 Å². The van der Waals surface area contributed by atoms with Crippen LogP contribution >= 0.6 is 0 Å². The van der Waals surface area contributed by atoms with Crippen molar-refractivity contribution in [1.29, 1.82) is 0 Å². The van der Waals surface area contributed by atoms with Crippen molar-refractivity contribution in [2.45, 2.75) is 26.3 Å². The van der Waals surface area contributed by atoms with E-state index >= 15 is 0 Å². The summed E-state index contributed by atoms with van der Waals surface area (Å²) in [5, 5.41) is 2.83. The Morgan fingerprint density at radius 1 is 1.32 bits per heavy atom. The number of carbonyl (C=O) groups excluding carboxylic acids is 2. The molecule has 0 aliphatic heterocycles. The summed E-state index contributed by atoms with van der Waals surface area (Å²) < 4.78 is 10.2. The number of aryl methyl sites for hydroxylation is 1. The van der Waals surface area contributed by atoms with Crippen molar-refractivity contribution < 1.29 is 18.7 Å². The first-order chi connectivity index (χ1) is 10.5. The molecule has 1 N–H and O–H groups in total. The van der Waals surface area contributed by atoms with Crippen molar-refractivity contribution in [2.24, 2.45) is 0 Å². The zero-order chi connectivity index (χ0) is 16.1. The first kappa shape index (κ1) is 15.8. The van der Waals surface area contributed by atoms with Crippen LogP contribution in [0.5, 0.6) is 5.75 Å². The van der Waals surface area contributed by atoms with Crippen molar-refractivity contribution in [3.63, 3.8) is 0 Å². The first-order valence-corrected chi connectivity index (χ1v) is 7.03. The highest BCUT2D eigenvalue weighted by atomic mass is 16.5. The van der Waals surface area contributed by atoms with E-state index in [1.165, 1.54) is 6.26 Å². The van der Waals surface area contributed by atoms with Crippen LogP contribution in [0.4, 0.5) is 0 Å². The van der Waals surface area contributed by atoms with Gasteiger partial charge in [0.2, 0.25) is 0 Å². The number of rotatable bonds is 6. The van der Waals surface area contributed by atoms with Crippen LogP contribution < -0.4 is 10.1 Å². The molecule has 2 rings (SSSR count). The third-order valence-electron chi connectivity index (χ3n) is 3.34. The van der Waals surface area contributed by atoms with Crippen LogP contribution in [-0.4, -0.2) is 24.8 Å². The number of ether oxygens (including phenoxy) is 1. The van der Waals surface area contributed by atoms with Crippen molar-refractivity contribution in [3.05, 3.63) is 53.5 Å². The molecule has 0 aliphatic carbocycles. The Kier molecular flexibility index (Phi) is 4.99. The minimum Gasteiger partial charge on any atom is -0.497 e. The summed E-state index contributed by atoms with van der Waals surface area (Å²) in [7, 11) is 1.58. The average Bonchev–Trinajstić information content (AvgIpc) is 3.00. The van der Waals surface area contributed by atoms with Gasteiger partial charge in [-0.15, -0.1) is 0 Å². The van der Waals surface area contributed by atoms with Crippen molar-refractivity contribution >= 4 is 11.7 Å². The Hall–Kier alpha value is -2.56. The van der Waals surface area contributed by atoms with Gasteiger partial charge in [0.05, 0.1) is 13.4 Å². The zero-order valence-electron chi connectivity index (χ0n) is 12.9. The summed E-state index contributed by atoms with van der Waals surface area (Å²) in [6.45, 7) is 3.63. The van der Waals surface area contributed by atoms with E-state index in [1.54, 1.807) is 44.4 Å². The smallest absolute Gasteiger partial charge is 0.251 e. The molecule has 1 aromatic carbocycles. The van der Waals surface area contributed by atoms with E-state index in [0.717, 1.165) is 5.56 Å². The second-order valence-electron chi connectivity index (χ2n) is 5.16. The molecular formula is C17H19NO4. The molecule has 0 saturated carbocycles. The van der Waals surface area contributed by atoms with Crippen molar-refractivity contribution in [3.8, 4) is 5.75 Å². The summed E-state index contributed by atoms with van der Waals surface area (Å²) in [5.41, 5.74) is 1.39. The number of methoxy groups -OCH3 is 1. The summed E-state index contributed by atoms with van der Waals surface area (Å²) >= 11 is 0. The van der Waals surface area contributed by atoms with Crippen molar-refractivity contribution in [2.75, 3.05) is 7.11 Å². The number of Topliss-reactive ketones (excluding diaryl/α,β-unsaturated/α-hetero) is 1. The minimum absolute atomic E-state index is 0.135. The van der Waals surface area contributed by atoms with Gasteiger partial charge in [0, 0.05) is 18.0 Å². The Labute approximate surface area is 129 Å². The third kappa shape index (κ3) is 3.75. The molecule has 0 unspecified atom stereocenters.